The number of likely N-dealkylation sites (N-methyl/N-ethyl adjacent to an activating group) is 1. The molecule has 142 valence electrons. The highest BCUT2D eigenvalue weighted by Gasteiger charge is 2.20. The van der Waals surface area contributed by atoms with Gasteiger partial charge < -0.3 is 20.0 Å². The zero-order valence-electron chi connectivity index (χ0n) is 15.3. The maximum absolute atomic E-state index is 12.6. The number of amides is 2. The Hall–Kier alpha value is -2.42. The summed E-state index contributed by atoms with van der Waals surface area (Å²) in [7, 11) is 3.99. The van der Waals surface area contributed by atoms with Crippen molar-refractivity contribution in [3.05, 3.63) is 63.1 Å². The molecule has 2 amide bonds. The summed E-state index contributed by atoms with van der Waals surface area (Å²) >= 11 is 2.93. The summed E-state index contributed by atoms with van der Waals surface area (Å²) in [6, 6.07) is 9.24. The normalized spacial score (nSPS) is 12.1. The summed E-state index contributed by atoms with van der Waals surface area (Å²) in [5, 5.41) is 8.42. The quantitative estimate of drug-likeness (QED) is 0.625. The van der Waals surface area contributed by atoms with Gasteiger partial charge in [0.2, 0.25) is 0 Å². The molecule has 27 heavy (non-hydrogen) atoms. The molecule has 8 heteroatoms. The Morgan fingerprint density at radius 3 is 2.67 bits per heavy atom. The number of aryl methyl sites for hydroxylation is 1. The van der Waals surface area contributed by atoms with Gasteiger partial charge in [-0.25, -0.2) is 0 Å². The van der Waals surface area contributed by atoms with Crippen molar-refractivity contribution in [2.45, 2.75) is 13.0 Å². The minimum Gasteiger partial charge on any atom is -0.459 e. The van der Waals surface area contributed by atoms with E-state index < -0.39 is 0 Å². The molecule has 3 aromatic rings. The smallest absolute Gasteiger partial charge is 0.291 e. The van der Waals surface area contributed by atoms with Crippen LogP contribution in [0, 0.1) is 6.92 Å². The van der Waals surface area contributed by atoms with Crippen LogP contribution in [0.2, 0.25) is 0 Å². The lowest BCUT2D eigenvalue weighted by molar-refractivity contribution is 0.0944. The van der Waals surface area contributed by atoms with Gasteiger partial charge in [-0.15, -0.1) is 22.7 Å². The summed E-state index contributed by atoms with van der Waals surface area (Å²) in [5.74, 6) is -0.241. The van der Waals surface area contributed by atoms with E-state index in [9.17, 15) is 9.59 Å². The molecule has 0 saturated carbocycles. The maximum atomic E-state index is 12.6. The van der Waals surface area contributed by atoms with Gasteiger partial charge in [0.15, 0.2) is 5.76 Å². The van der Waals surface area contributed by atoms with Gasteiger partial charge in [0.25, 0.3) is 11.8 Å². The molecule has 0 spiro atoms. The molecule has 0 aliphatic rings. The van der Waals surface area contributed by atoms with E-state index in [1.54, 1.807) is 29.5 Å². The highest BCUT2D eigenvalue weighted by molar-refractivity contribution is 7.18. The van der Waals surface area contributed by atoms with E-state index in [0.29, 0.717) is 16.4 Å². The van der Waals surface area contributed by atoms with E-state index in [4.69, 9.17) is 4.42 Å². The molecular formula is C19H21N3O3S2. The zero-order valence-corrected chi connectivity index (χ0v) is 16.9. The van der Waals surface area contributed by atoms with Crippen molar-refractivity contribution in [1.29, 1.82) is 0 Å². The van der Waals surface area contributed by atoms with Crippen molar-refractivity contribution in [3.8, 4) is 0 Å². The van der Waals surface area contributed by atoms with Crippen molar-refractivity contribution >= 4 is 39.5 Å². The third-order valence-corrected chi connectivity index (χ3v) is 6.18. The van der Waals surface area contributed by atoms with Gasteiger partial charge in [0, 0.05) is 11.4 Å². The van der Waals surface area contributed by atoms with E-state index in [2.05, 4.69) is 21.6 Å². The minimum atomic E-state index is -0.335. The third-order valence-electron chi connectivity index (χ3n) is 4.06. The van der Waals surface area contributed by atoms with Crippen molar-refractivity contribution < 1.29 is 14.0 Å². The number of nitrogens with zero attached hydrogens (tertiary/aromatic N) is 1. The Morgan fingerprint density at radius 1 is 1.22 bits per heavy atom. The Balaban J connectivity index is 1.64. The average molecular weight is 404 g/mol. The first kappa shape index (κ1) is 19.3. The van der Waals surface area contributed by atoms with E-state index in [1.165, 1.54) is 22.5 Å². The Labute approximate surface area is 165 Å². The van der Waals surface area contributed by atoms with Gasteiger partial charge in [-0.1, -0.05) is 6.07 Å². The van der Waals surface area contributed by atoms with Crippen molar-refractivity contribution in [3.63, 3.8) is 0 Å². The number of hydrogen-bond acceptors (Lipinski definition) is 6. The van der Waals surface area contributed by atoms with E-state index in [-0.39, 0.29) is 23.6 Å². The molecule has 0 saturated heterocycles. The Kier molecular flexibility index (Phi) is 6.10. The molecule has 3 heterocycles. The number of carbonyl (C=O) groups is 2. The Bertz CT molecular complexity index is 899. The first-order chi connectivity index (χ1) is 13.0. The van der Waals surface area contributed by atoms with Crippen LogP contribution in [0.5, 0.6) is 0 Å². The lowest BCUT2D eigenvalue weighted by Crippen LogP contribution is -2.34. The number of nitrogens with one attached hydrogen (secondary N) is 2. The standard InChI is InChI=1S/C19H21N3O3S2/c1-12-10-16(21-18(23)14-6-4-8-25-14)27-17(12)19(24)20-11-13(22(2)3)15-7-5-9-26-15/h4-10,13H,11H2,1-3H3,(H,20,24)(H,21,23). The van der Waals surface area contributed by atoms with Crippen LogP contribution in [0.25, 0.3) is 0 Å². The van der Waals surface area contributed by atoms with Crippen LogP contribution in [-0.4, -0.2) is 37.4 Å². The van der Waals surface area contributed by atoms with Crippen molar-refractivity contribution in [2.24, 2.45) is 0 Å². The molecule has 3 aromatic heterocycles. The molecule has 0 radical (unpaired) electrons. The van der Waals surface area contributed by atoms with Crippen LogP contribution >= 0.6 is 22.7 Å². The van der Waals surface area contributed by atoms with Crippen LogP contribution in [0.15, 0.2) is 46.4 Å². The second-order valence-corrected chi connectivity index (χ2v) is 8.29. The summed E-state index contributed by atoms with van der Waals surface area (Å²) in [6.45, 7) is 2.37. The average Bonchev–Trinajstić information content (AvgIpc) is 3.36. The number of anilines is 1. The van der Waals surface area contributed by atoms with E-state index in [0.717, 1.165) is 5.56 Å². The van der Waals surface area contributed by atoms with Crippen LogP contribution < -0.4 is 10.6 Å². The van der Waals surface area contributed by atoms with Gasteiger partial charge in [-0.3, -0.25) is 9.59 Å². The van der Waals surface area contributed by atoms with Gasteiger partial charge in [-0.05, 0) is 56.2 Å². The monoisotopic (exact) mass is 403 g/mol. The second kappa shape index (κ2) is 8.51. The minimum absolute atomic E-state index is 0.118. The topological polar surface area (TPSA) is 74.6 Å². The molecular weight excluding hydrogens is 382 g/mol. The lowest BCUT2D eigenvalue weighted by Gasteiger charge is -2.23. The summed E-state index contributed by atoms with van der Waals surface area (Å²) < 4.78 is 5.08. The SMILES string of the molecule is Cc1cc(NC(=O)c2ccco2)sc1C(=O)NCC(c1cccs1)N(C)C. The molecule has 0 aliphatic carbocycles. The predicted molar refractivity (Wildman–Crippen MR) is 109 cm³/mol. The first-order valence-electron chi connectivity index (χ1n) is 8.39. The summed E-state index contributed by atoms with van der Waals surface area (Å²) in [4.78, 5) is 28.6. The maximum Gasteiger partial charge on any atom is 0.291 e. The van der Waals surface area contributed by atoms with Crippen molar-refractivity contribution in [1.82, 2.24) is 10.2 Å². The lowest BCUT2D eigenvalue weighted by atomic mass is 10.2. The number of hydrogen-bond donors (Lipinski definition) is 2. The molecule has 1 atom stereocenters. The van der Waals surface area contributed by atoms with Gasteiger partial charge >= 0.3 is 0 Å². The molecule has 6 nitrogen and oxygen atoms in total. The highest BCUT2D eigenvalue weighted by Crippen LogP contribution is 2.28. The van der Waals surface area contributed by atoms with Gasteiger partial charge in [0.05, 0.1) is 22.2 Å². The van der Waals surface area contributed by atoms with Crippen molar-refractivity contribution in [2.75, 3.05) is 26.0 Å². The fourth-order valence-corrected chi connectivity index (χ4v) is 4.55. The zero-order chi connectivity index (χ0) is 19.4. The Morgan fingerprint density at radius 2 is 2.04 bits per heavy atom. The third kappa shape index (κ3) is 4.65. The van der Waals surface area contributed by atoms with Gasteiger partial charge in [0.1, 0.15) is 0 Å². The number of furan rings is 1. The molecule has 0 aromatic carbocycles. The molecule has 0 bridgehead atoms. The van der Waals surface area contributed by atoms with Crippen LogP contribution in [-0.2, 0) is 0 Å². The molecule has 2 N–H and O–H groups in total. The van der Waals surface area contributed by atoms with E-state index >= 15 is 0 Å². The second-order valence-electron chi connectivity index (χ2n) is 6.26. The number of thiophene rings is 2. The number of carbonyl (C=O) groups excluding carboxylic acids is 2. The fraction of sp³-hybridized carbons (Fsp3) is 0.263. The molecule has 0 fully saturated rings. The predicted octanol–water partition coefficient (Wildman–Crippen LogP) is 4.00. The summed E-state index contributed by atoms with van der Waals surface area (Å²) in [5.41, 5.74) is 0.824. The van der Waals surface area contributed by atoms with E-state index in [1.807, 2.05) is 32.5 Å². The largest absolute Gasteiger partial charge is 0.459 e. The summed E-state index contributed by atoms with van der Waals surface area (Å²) in [6.07, 6.45) is 1.45. The van der Waals surface area contributed by atoms with Crippen LogP contribution in [0.4, 0.5) is 5.00 Å². The fourth-order valence-electron chi connectivity index (χ4n) is 2.64. The molecule has 0 aliphatic heterocycles. The first-order valence-corrected chi connectivity index (χ1v) is 10.1. The molecule has 1 unspecified atom stereocenters. The highest BCUT2D eigenvalue weighted by atomic mass is 32.1. The number of rotatable bonds is 7. The van der Waals surface area contributed by atoms with Crippen LogP contribution in [0.1, 0.15) is 36.7 Å². The van der Waals surface area contributed by atoms with Gasteiger partial charge in [-0.2, -0.15) is 0 Å². The van der Waals surface area contributed by atoms with Crippen LogP contribution in [0.3, 0.4) is 0 Å². The molecule has 3 rings (SSSR count).